The maximum atomic E-state index is 12.3. The van der Waals surface area contributed by atoms with Crippen LogP contribution in [0.2, 0.25) is 0 Å². The Labute approximate surface area is 138 Å². The first-order valence-corrected chi connectivity index (χ1v) is 8.93. The zero-order valence-electron chi connectivity index (χ0n) is 14.4. The zero-order valence-corrected chi connectivity index (χ0v) is 14.4. The van der Waals surface area contributed by atoms with E-state index in [-0.39, 0.29) is 34.5 Å². The minimum absolute atomic E-state index is 0.0152. The van der Waals surface area contributed by atoms with Crippen LogP contribution in [0.3, 0.4) is 0 Å². The molecule has 3 heteroatoms. The van der Waals surface area contributed by atoms with Crippen molar-refractivity contribution in [1.29, 1.82) is 0 Å². The Morgan fingerprint density at radius 3 is 2.35 bits per heavy atom. The molecule has 0 saturated heterocycles. The van der Waals surface area contributed by atoms with Gasteiger partial charge >= 0.3 is 0 Å². The maximum absolute atomic E-state index is 12.3. The molecule has 3 saturated carbocycles. The first-order valence-electron chi connectivity index (χ1n) is 8.93. The molecule has 0 heterocycles. The Hall–Kier alpha value is -1.51. The van der Waals surface area contributed by atoms with Crippen LogP contribution < -0.4 is 0 Å². The molecule has 0 aliphatic heterocycles. The van der Waals surface area contributed by atoms with Gasteiger partial charge in [-0.2, -0.15) is 0 Å². The lowest BCUT2D eigenvalue weighted by atomic mass is 9.44. The number of carbonyl (C=O) groups excluding carboxylic acids is 1. The molecule has 1 aromatic carbocycles. The molecule has 126 valence electrons. The summed E-state index contributed by atoms with van der Waals surface area (Å²) < 4.78 is 0. The third kappa shape index (κ3) is 2.64. The molecule has 0 aromatic heterocycles. The van der Waals surface area contributed by atoms with Crippen LogP contribution in [0.1, 0.15) is 69.9 Å². The lowest BCUT2D eigenvalue weighted by Gasteiger charge is -2.59. The molecule has 3 aliphatic rings. The Morgan fingerprint density at radius 2 is 1.83 bits per heavy atom. The number of hydrogen-bond acceptors (Lipinski definition) is 3. The molecule has 2 bridgehead atoms. The maximum Gasteiger partial charge on any atom is 0.137 e. The summed E-state index contributed by atoms with van der Waals surface area (Å²) in [5.41, 5.74) is 1.55. The van der Waals surface area contributed by atoms with Crippen LogP contribution >= 0.6 is 0 Å². The number of ketones is 1. The molecular weight excluding hydrogens is 288 g/mol. The molecule has 23 heavy (non-hydrogen) atoms. The summed E-state index contributed by atoms with van der Waals surface area (Å²) in [4.78, 5) is 12.3. The standard InChI is InChI=1S/C20H28O3/c1-4-5-6-7-12-8-17(22)19(18(23)9-12)13-10-16(21)15-11-14(13)20(15,2)3/h8-9,13-15,22-23H,4-7,10-11H2,1-3H3/t13-,14-,15+/m1/s1. The van der Waals surface area contributed by atoms with Gasteiger partial charge < -0.3 is 10.2 Å². The number of hydrogen-bond donors (Lipinski definition) is 2. The fraction of sp³-hybridized carbons (Fsp3) is 0.650. The van der Waals surface area contributed by atoms with E-state index in [1.165, 1.54) is 0 Å². The predicted octanol–water partition coefficient (Wildman–Crippen LogP) is 4.55. The van der Waals surface area contributed by atoms with Gasteiger partial charge in [0.1, 0.15) is 17.3 Å². The number of aryl methyl sites for hydroxylation is 1. The van der Waals surface area contributed by atoms with Gasteiger partial charge in [-0.3, -0.25) is 4.79 Å². The van der Waals surface area contributed by atoms with E-state index in [2.05, 4.69) is 20.8 Å². The summed E-state index contributed by atoms with van der Waals surface area (Å²) in [6.45, 7) is 6.44. The molecule has 3 fully saturated rings. The molecule has 0 spiro atoms. The number of rotatable bonds is 5. The normalized spacial score (nSPS) is 28.5. The van der Waals surface area contributed by atoms with Gasteiger partial charge in [0.15, 0.2) is 0 Å². The molecule has 4 rings (SSSR count). The van der Waals surface area contributed by atoms with Crippen LogP contribution in [-0.2, 0) is 11.2 Å². The molecule has 3 nitrogen and oxygen atoms in total. The second-order valence-corrected chi connectivity index (χ2v) is 8.00. The van der Waals surface area contributed by atoms with Crippen molar-refractivity contribution in [2.24, 2.45) is 17.3 Å². The van der Waals surface area contributed by atoms with E-state index in [4.69, 9.17) is 0 Å². The van der Waals surface area contributed by atoms with E-state index >= 15 is 0 Å². The van der Waals surface area contributed by atoms with Crippen LogP contribution in [0.25, 0.3) is 0 Å². The van der Waals surface area contributed by atoms with Crippen molar-refractivity contribution in [3.05, 3.63) is 23.3 Å². The number of carbonyl (C=O) groups is 1. The van der Waals surface area contributed by atoms with Crippen molar-refractivity contribution < 1.29 is 15.0 Å². The van der Waals surface area contributed by atoms with Gasteiger partial charge in [0.25, 0.3) is 0 Å². The van der Waals surface area contributed by atoms with Crippen molar-refractivity contribution in [3.8, 4) is 11.5 Å². The number of aromatic hydroxyl groups is 2. The van der Waals surface area contributed by atoms with E-state index in [0.29, 0.717) is 17.9 Å². The summed E-state index contributed by atoms with van der Waals surface area (Å²) in [5.74, 6) is 1.10. The Morgan fingerprint density at radius 1 is 1.17 bits per heavy atom. The van der Waals surface area contributed by atoms with E-state index < -0.39 is 0 Å². The average molecular weight is 316 g/mol. The molecular formula is C20H28O3. The fourth-order valence-corrected chi connectivity index (χ4v) is 4.78. The third-order valence-corrected chi connectivity index (χ3v) is 6.27. The third-order valence-electron chi connectivity index (χ3n) is 6.27. The van der Waals surface area contributed by atoms with Crippen molar-refractivity contribution in [2.45, 2.75) is 65.2 Å². The number of phenols is 2. The largest absolute Gasteiger partial charge is 0.508 e. The van der Waals surface area contributed by atoms with Crippen molar-refractivity contribution >= 4 is 5.78 Å². The van der Waals surface area contributed by atoms with E-state index in [1.807, 2.05) is 0 Å². The van der Waals surface area contributed by atoms with Crippen molar-refractivity contribution in [3.63, 3.8) is 0 Å². The van der Waals surface area contributed by atoms with E-state index in [1.54, 1.807) is 12.1 Å². The lowest BCUT2D eigenvalue weighted by molar-refractivity contribution is -0.151. The van der Waals surface area contributed by atoms with Gasteiger partial charge in [-0.25, -0.2) is 0 Å². The first kappa shape index (κ1) is 16.4. The number of Topliss-reactive ketones (excluding diaryl/α,β-unsaturated/α-hetero) is 1. The van der Waals surface area contributed by atoms with Gasteiger partial charge in [0, 0.05) is 23.8 Å². The summed E-state index contributed by atoms with van der Waals surface area (Å²) >= 11 is 0. The Bertz CT molecular complexity index is 594. The summed E-state index contributed by atoms with van der Waals surface area (Å²) in [5, 5.41) is 21.0. The van der Waals surface area contributed by atoms with E-state index in [0.717, 1.165) is 37.7 Å². The zero-order chi connectivity index (χ0) is 16.8. The number of phenolic OH excluding ortho intramolecular Hbond substituents is 2. The van der Waals surface area contributed by atoms with Crippen LogP contribution in [0.5, 0.6) is 11.5 Å². The molecule has 0 amide bonds. The molecule has 0 unspecified atom stereocenters. The smallest absolute Gasteiger partial charge is 0.137 e. The molecule has 1 aromatic rings. The SMILES string of the molecule is CCCCCc1cc(O)c([C@@H]2CC(=O)[C@@H]3C[C@H]2C3(C)C)c(O)c1. The highest BCUT2D eigenvalue weighted by Crippen LogP contribution is 2.64. The van der Waals surface area contributed by atoms with Crippen LogP contribution in [0.15, 0.2) is 12.1 Å². The second kappa shape index (κ2) is 5.85. The minimum Gasteiger partial charge on any atom is -0.508 e. The monoisotopic (exact) mass is 316 g/mol. The highest BCUT2D eigenvalue weighted by atomic mass is 16.3. The average Bonchev–Trinajstić information content (AvgIpc) is 2.45. The Kier molecular flexibility index (Phi) is 4.16. The number of benzene rings is 1. The van der Waals surface area contributed by atoms with Gasteiger partial charge in [-0.05, 0) is 48.3 Å². The van der Waals surface area contributed by atoms with Gasteiger partial charge in [0.05, 0.1) is 0 Å². The van der Waals surface area contributed by atoms with Crippen LogP contribution in [0, 0.1) is 17.3 Å². The molecule has 2 N–H and O–H groups in total. The first-order chi connectivity index (χ1) is 10.9. The molecule has 3 aliphatic carbocycles. The minimum atomic E-state index is -0.0489. The van der Waals surface area contributed by atoms with Crippen LogP contribution in [-0.4, -0.2) is 16.0 Å². The van der Waals surface area contributed by atoms with Gasteiger partial charge in [0.2, 0.25) is 0 Å². The topological polar surface area (TPSA) is 57.5 Å². The quantitative estimate of drug-likeness (QED) is 0.784. The second-order valence-electron chi connectivity index (χ2n) is 8.00. The fourth-order valence-electron chi connectivity index (χ4n) is 4.78. The number of fused-ring (bicyclic) bond motifs is 2. The number of unbranched alkanes of at least 4 members (excludes halogenated alkanes) is 2. The molecule has 0 radical (unpaired) electrons. The summed E-state index contributed by atoms with van der Waals surface area (Å²) in [7, 11) is 0. The predicted molar refractivity (Wildman–Crippen MR) is 90.7 cm³/mol. The highest BCUT2D eigenvalue weighted by Gasteiger charge is 2.59. The van der Waals surface area contributed by atoms with Gasteiger partial charge in [-0.15, -0.1) is 0 Å². The Balaban J connectivity index is 1.87. The summed E-state index contributed by atoms with van der Waals surface area (Å²) in [6.07, 6.45) is 5.59. The van der Waals surface area contributed by atoms with E-state index in [9.17, 15) is 15.0 Å². The lowest BCUT2D eigenvalue weighted by Crippen LogP contribution is -2.56. The summed E-state index contributed by atoms with van der Waals surface area (Å²) in [6, 6.07) is 3.57. The van der Waals surface area contributed by atoms with Crippen molar-refractivity contribution in [2.75, 3.05) is 0 Å². The molecule has 3 atom stereocenters. The van der Waals surface area contributed by atoms with Crippen molar-refractivity contribution in [1.82, 2.24) is 0 Å². The van der Waals surface area contributed by atoms with Gasteiger partial charge in [-0.1, -0.05) is 33.6 Å². The van der Waals surface area contributed by atoms with Crippen LogP contribution in [0.4, 0.5) is 0 Å². The highest BCUT2D eigenvalue weighted by molar-refractivity contribution is 5.86.